The molecule has 10 heteroatoms. The van der Waals surface area contributed by atoms with Crippen LogP contribution < -0.4 is 10.6 Å². The van der Waals surface area contributed by atoms with Gasteiger partial charge in [-0.1, -0.05) is 49.1 Å². The van der Waals surface area contributed by atoms with E-state index in [4.69, 9.17) is 22.1 Å². The molecule has 2 aromatic carbocycles. The van der Waals surface area contributed by atoms with Gasteiger partial charge in [-0.3, -0.25) is 4.79 Å². The second-order valence-corrected chi connectivity index (χ2v) is 11.9. The van der Waals surface area contributed by atoms with Gasteiger partial charge in [0.1, 0.15) is 10.9 Å². The SMILES string of the molecule is COC(=O)[C@@H](N)CCc1cc2c(cc1Cl)N(c1ccccc1)C[C@@H](C1CCCCC1)N(C)S2(=O)=O.Cl. The molecular weight excluding hydrogens is 521 g/mol. The molecular formula is C26H35Cl2N3O4S. The number of ether oxygens (including phenoxy) is 1. The molecule has 1 aliphatic carbocycles. The van der Waals surface area contributed by atoms with Crippen molar-refractivity contribution in [1.82, 2.24) is 4.31 Å². The minimum Gasteiger partial charge on any atom is -0.468 e. The van der Waals surface area contributed by atoms with Crippen molar-refractivity contribution < 1.29 is 17.9 Å². The Kier molecular flexibility index (Phi) is 9.68. The highest BCUT2D eigenvalue weighted by molar-refractivity contribution is 7.89. The average molecular weight is 557 g/mol. The van der Waals surface area contributed by atoms with Gasteiger partial charge in [0.15, 0.2) is 0 Å². The minimum absolute atomic E-state index is 0. The summed E-state index contributed by atoms with van der Waals surface area (Å²) in [6, 6.07) is 12.3. The number of nitrogens with two attached hydrogens (primary N) is 1. The van der Waals surface area contributed by atoms with Crippen LogP contribution in [0, 0.1) is 5.92 Å². The lowest BCUT2D eigenvalue weighted by atomic mass is 9.83. The summed E-state index contributed by atoms with van der Waals surface area (Å²) in [5.74, 6) is -0.203. The van der Waals surface area contributed by atoms with E-state index in [-0.39, 0.29) is 23.3 Å². The van der Waals surface area contributed by atoms with E-state index in [1.54, 1.807) is 23.5 Å². The van der Waals surface area contributed by atoms with E-state index >= 15 is 0 Å². The molecule has 1 heterocycles. The number of carbonyl (C=O) groups is 1. The molecule has 0 saturated heterocycles. The zero-order valence-corrected chi connectivity index (χ0v) is 23.1. The molecule has 7 nitrogen and oxygen atoms in total. The molecule has 1 saturated carbocycles. The Balaban J connectivity index is 0.00000361. The zero-order chi connectivity index (χ0) is 25.2. The summed E-state index contributed by atoms with van der Waals surface area (Å²) >= 11 is 6.69. The lowest BCUT2D eigenvalue weighted by Gasteiger charge is -2.36. The lowest BCUT2D eigenvalue weighted by Crippen LogP contribution is -2.46. The number of hydrogen-bond donors (Lipinski definition) is 1. The summed E-state index contributed by atoms with van der Waals surface area (Å²) in [4.78, 5) is 14.1. The summed E-state index contributed by atoms with van der Waals surface area (Å²) in [5.41, 5.74) is 8.06. The van der Waals surface area contributed by atoms with Crippen LogP contribution >= 0.6 is 24.0 Å². The number of likely N-dealkylation sites (N-methyl/N-ethyl adjacent to an activating group) is 1. The van der Waals surface area contributed by atoms with Gasteiger partial charge >= 0.3 is 5.97 Å². The quantitative estimate of drug-likeness (QED) is 0.508. The van der Waals surface area contributed by atoms with Crippen LogP contribution in [0.3, 0.4) is 0 Å². The Hall–Kier alpha value is -1.84. The van der Waals surface area contributed by atoms with Crippen molar-refractivity contribution in [3.63, 3.8) is 0 Å². The smallest absolute Gasteiger partial charge is 0.322 e. The van der Waals surface area contributed by atoms with Crippen molar-refractivity contribution in [2.75, 3.05) is 25.6 Å². The van der Waals surface area contributed by atoms with Gasteiger partial charge in [-0.15, -0.1) is 12.4 Å². The number of sulfonamides is 1. The monoisotopic (exact) mass is 555 g/mol. The molecule has 0 bridgehead atoms. The van der Waals surface area contributed by atoms with Crippen LogP contribution in [0.4, 0.5) is 11.4 Å². The van der Waals surface area contributed by atoms with Gasteiger partial charge in [-0.05, 0) is 61.4 Å². The van der Waals surface area contributed by atoms with Crippen LogP contribution in [0.1, 0.15) is 44.1 Å². The highest BCUT2D eigenvalue weighted by Crippen LogP contribution is 2.42. The van der Waals surface area contributed by atoms with Crippen molar-refractivity contribution in [1.29, 1.82) is 0 Å². The third kappa shape index (κ3) is 5.83. The standard InChI is InChI=1S/C26H34ClN3O4S.ClH/c1-29-24(18-9-5-3-6-10-18)17-30(20-11-7-4-8-12-20)23-16-21(27)19(15-25(23)35(29,32)33)13-14-22(28)26(31)34-2;/h4,7-8,11-12,15-16,18,22,24H,3,5-6,9-10,13-14,17,28H2,1-2H3;1H/t22-,24-;/m0./s1. The Morgan fingerprint density at radius 1 is 1.17 bits per heavy atom. The topological polar surface area (TPSA) is 92.9 Å². The Morgan fingerprint density at radius 3 is 2.47 bits per heavy atom. The summed E-state index contributed by atoms with van der Waals surface area (Å²) in [6.07, 6.45) is 6.18. The molecule has 2 N–H and O–H groups in total. The molecule has 2 atom stereocenters. The van der Waals surface area contributed by atoms with Gasteiger partial charge in [0.2, 0.25) is 10.0 Å². The van der Waals surface area contributed by atoms with Crippen molar-refractivity contribution in [2.24, 2.45) is 11.7 Å². The van der Waals surface area contributed by atoms with Crippen molar-refractivity contribution in [3.8, 4) is 0 Å². The van der Waals surface area contributed by atoms with Crippen LogP contribution in [-0.4, -0.2) is 51.5 Å². The van der Waals surface area contributed by atoms with Crippen molar-refractivity contribution in [3.05, 3.63) is 53.1 Å². The highest BCUT2D eigenvalue weighted by atomic mass is 35.5. The lowest BCUT2D eigenvalue weighted by molar-refractivity contribution is -0.142. The molecule has 36 heavy (non-hydrogen) atoms. The number of halogens is 2. The molecule has 4 rings (SSSR count). The third-order valence-electron chi connectivity index (χ3n) is 7.40. The molecule has 0 unspecified atom stereocenters. The first kappa shape index (κ1) is 28.7. The van der Waals surface area contributed by atoms with Gasteiger partial charge in [0.05, 0.1) is 12.8 Å². The Bertz CT molecular complexity index is 1160. The maximum atomic E-state index is 14.0. The third-order valence-corrected chi connectivity index (χ3v) is 9.67. The highest BCUT2D eigenvalue weighted by Gasteiger charge is 2.41. The van der Waals surface area contributed by atoms with E-state index < -0.39 is 22.0 Å². The predicted molar refractivity (Wildman–Crippen MR) is 146 cm³/mol. The molecule has 1 aliphatic heterocycles. The van der Waals surface area contributed by atoms with Crippen LogP contribution in [-0.2, 0) is 26.0 Å². The molecule has 0 aromatic heterocycles. The normalized spacial score (nSPS) is 21.1. The number of anilines is 2. The Labute approximate surface area is 225 Å². The number of methoxy groups -OCH3 is 1. The van der Waals surface area contributed by atoms with Crippen LogP contribution in [0.5, 0.6) is 0 Å². The predicted octanol–water partition coefficient (Wildman–Crippen LogP) is 4.92. The fourth-order valence-electron chi connectivity index (χ4n) is 5.33. The van der Waals surface area contributed by atoms with E-state index in [0.717, 1.165) is 31.4 Å². The fourth-order valence-corrected chi connectivity index (χ4v) is 7.21. The summed E-state index contributed by atoms with van der Waals surface area (Å²) in [5, 5.41) is 0.454. The van der Waals surface area contributed by atoms with Crippen LogP contribution in [0.25, 0.3) is 0 Å². The molecule has 2 aliphatic rings. The Morgan fingerprint density at radius 2 is 1.83 bits per heavy atom. The number of nitrogens with zero attached hydrogens (tertiary/aromatic N) is 2. The number of fused-ring (bicyclic) bond motifs is 1. The second kappa shape index (κ2) is 12.1. The van der Waals surface area contributed by atoms with Crippen LogP contribution in [0.15, 0.2) is 47.4 Å². The molecule has 0 spiro atoms. The number of hydrogen-bond acceptors (Lipinski definition) is 6. The number of aryl methyl sites for hydroxylation is 1. The molecule has 2 aromatic rings. The van der Waals surface area contributed by atoms with Gasteiger partial charge < -0.3 is 15.4 Å². The summed E-state index contributed by atoms with van der Waals surface area (Å²) < 4.78 is 34.2. The first-order chi connectivity index (χ1) is 16.7. The number of benzene rings is 2. The molecule has 0 amide bonds. The number of carbonyl (C=O) groups excluding carboxylic acids is 1. The van der Waals surface area contributed by atoms with E-state index in [2.05, 4.69) is 4.90 Å². The molecule has 1 fully saturated rings. The number of rotatable bonds is 6. The maximum absolute atomic E-state index is 14.0. The van der Waals surface area contributed by atoms with Gasteiger partial charge in [-0.2, -0.15) is 4.31 Å². The summed E-state index contributed by atoms with van der Waals surface area (Å²) in [7, 11) is -0.790. The van der Waals surface area contributed by atoms with Gasteiger partial charge in [-0.25, -0.2) is 8.42 Å². The number of para-hydroxylation sites is 1. The number of esters is 1. The van der Waals surface area contributed by atoms with E-state index in [9.17, 15) is 13.2 Å². The van der Waals surface area contributed by atoms with Gasteiger partial charge in [0.25, 0.3) is 0 Å². The van der Waals surface area contributed by atoms with Crippen LogP contribution in [0.2, 0.25) is 5.02 Å². The maximum Gasteiger partial charge on any atom is 0.322 e. The first-order valence-electron chi connectivity index (χ1n) is 12.2. The van der Waals surface area contributed by atoms with E-state index in [0.29, 0.717) is 41.6 Å². The largest absolute Gasteiger partial charge is 0.468 e. The first-order valence-corrected chi connectivity index (χ1v) is 14.0. The minimum atomic E-state index is -3.79. The molecule has 0 radical (unpaired) electrons. The fraction of sp³-hybridized carbons (Fsp3) is 0.500. The van der Waals surface area contributed by atoms with E-state index in [1.165, 1.54) is 13.5 Å². The van der Waals surface area contributed by atoms with Crippen molar-refractivity contribution in [2.45, 2.75) is 61.9 Å². The van der Waals surface area contributed by atoms with Gasteiger partial charge in [0, 0.05) is 30.3 Å². The molecule has 198 valence electrons. The zero-order valence-electron chi connectivity index (χ0n) is 20.7. The summed E-state index contributed by atoms with van der Waals surface area (Å²) in [6.45, 7) is 0.556. The second-order valence-electron chi connectivity index (χ2n) is 9.51. The van der Waals surface area contributed by atoms with Crippen molar-refractivity contribution >= 4 is 51.4 Å². The van der Waals surface area contributed by atoms with E-state index in [1.807, 2.05) is 30.3 Å². The average Bonchev–Trinajstić information content (AvgIpc) is 2.95.